The second kappa shape index (κ2) is 14.3. The lowest BCUT2D eigenvalue weighted by Gasteiger charge is -2.22. The number of anilines is 1. The van der Waals surface area contributed by atoms with Gasteiger partial charge in [-0.15, -0.1) is 0 Å². The summed E-state index contributed by atoms with van der Waals surface area (Å²) in [5.74, 6) is -1.63. The van der Waals surface area contributed by atoms with Crippen LogP contribution < -0.4 is 10.6 Å². The Balaban J connectivity index is 0.00000506. The first-order chi connectivity index (χ1) is 19.9. The minimum atomic E-state index is -4.16. The molecule has 0 aliphatic carbocycles. The molecule has 3 N–H and O–H groups in total. The highest BCUT2D eigenvalue weighted by Crippen LogP contribution is 2.28. The molecule has 4 aromatic rings. The Morgan fingerprint density at radius 2 is 1.37 bits per heavy atom. The third kappa shape index (κ3) is 9.63. The minimum absolute atomic E-state index is 0. The molecule has 1 atom stereocenters. The summed E-state index contributed by atoms with van der Waals surface area (Å²) in [6.07, 6.45) is 0.410. The highest BCUT2D eigenvalue weighted by molar-refractivity contribution is 7.85. The number of nitrogens with one attached hydrogen (secondary N) is 2. The van der Waals surface area contributed by atoms with Gasteiger partial charge in [0.05, 0.1) is 11.7 Å². The maximum Gasteiger partial charge on any atom is 0.266 e. The number of amides is 2. The predicted molar refractivity (Wildman–Crippen MR) is 174 cm³/mol. The molecule has 43 heavy (non-hydrogen) atoms. The summed E-state index contributed by atoms with van der Waals surface area (Å²) in [5.41, 5.74) is 6.11. The van der Waals surface area contributed by atoms with Gasteiger partial charge in [-0.3, -0.25) is 14.1 Å². The van der Waals surface area contributed by atoms with Crippen molar-refractivity contribution in [2.24, 2.45) is 0 Å². The maximum atomic E-state index is 13.7. The third-order valence-electron chi connectivity index (χ3n) is 7.06. The molecular weight excluding hydrogens is 560 g/mol. The topological polar surface area (TPSA) is 113 Å². The molecule has 4 aromatic carbocycles. The van der Waals surface area contributed by atoms with Crippen LogP contribution in [0.2, 0.25) is 0 Å². The van der Waals surface area contributed by atoms with Gasteiger partial charge in [0.25, 0.3) is 16.0 Å². The van der Waals surface area contributed by atoms with Crippen LogP contribution in [0.3, 0.4) is 0 Å². The average molecular weight is 601 g/mol. The first-order valence-electron chi connectivity index (χ1n) is 13.8. The number of hydrogen-bond donors (Lipinski definition) is 3. The van der Waals surface area contributed by atoms with Crippen LogP contribution in [0.4, 0.5) is 5.69 Å². The van der Waals surface area contributed by atoms with Crippen LogP contribution in [-0.4, -0.2) is 37.1 Å². The van der Waals surface area contributed by atoms with E-state index in [0.29, 0.717) is 17.7 Å². The number of carbonyl (C=O) groups is 2. The standard InChI is InChI=1S/C34H36N2O5S.CH4/c1-34(2,3)29-17-13-27(14-18-29)31(23-24-9-11-28(12-10-24)32(37)35-21-22-42(39,40)41)33(38)36-30-19-15-26(16-20-30)25-7-5-4-6-8-25;/h4-20,31H,21-23H2,1-3H3,(H,35,37)(H,36,38)(H,39,40,41);1H4. The first-order valence-corrected chi connectivity index (χ1v) is 15.4. The molecule has 0 bridgehead atoms. The number of rotatable bonds is 10. The summed E-state index contributed by atoms with van der Waals surface area (Å²) in [6, 6.07) is 32.8. The van der Waals surface area contributed by atoms with Gasteiger partial charge in [-0.2, -0.15) is 8.42 Å². The zero-order chi connectivity index (χ0) is 30.3. The fourth-order valence-electron chi connectivity index (χ4n) is 4.61. The lowest BCUT2D eigenvalue weighted by atomic mass is 9.84. The largest absolute Gasteiger partial charge is 0.351 e. The lowest BCUT2D eigenvalue weighted by Crippen LogP contribution is -2.28. The van der Waals surface area contributed by atoms with E-state index in [1.165, 1.54) is 5.56 Å². The van der Waals surface area contributed by atoms with Crippen LogP contribution in [0, 0.1) is 0 Å². The number of benzene rings is 4. The van der Waals surface area contributed by atoms with Gasteiger partial charge < -0.3 is 10.6 Å². The lowest BCUT2D eigenvalue weighted by molar-refractivity contribution is -0.117. The van der Waals surface area contributed by atoms with E-state index in [0.717, 1.165) is 22.3 Å². The van der Waals surface area contributed by atoms with Gasteiger partial charge in [-0.05, 0) is 63.9 Å². The van der Waals surface area contributed by atoms with Crippen molar-refractivity contribution in [3.8, 4) is 11.1 Å². The van der Waals surface area contributed by atoms with E-state index in [4.69, 9.17) is 4.55 Å². The van der Waals surface area contributed by atoms with Gasteiger partial charge in [0.15, 0.2) is 0 Å². The molecule has 0 aliphatic heterocycles. The Morgan fingerprint density at radius 1 is 0.791 bits per heavy atom. The van der Waals surface area contributed by atoms with Crippen LogP contribution in [0.25, 0.3) is 11.1 Å². The molecule has 0 spiro atoms. The van der Waals surface area contributed by atoms with Gasteiger partial charge in [0, 0.05) is 17.8 Å². The van der Waals surface area contributed by atoms with Crippen LogP contribution in [0.1, 0.15) is 61.2 Å². The summed E-state index contributed by atoms with van der Waals surface area (Å²) in [5, 5.41) is 5.55. The van der Waals surface area contributed by atoms with Crippen molar-refractivity contribution < 1.29 is 22.6 Å². The molecule has 0 aromatic heterocycles. The summed E-state index contributed by atoms with van der Waals surface area (Å²) in [7, 11) is -4.16. The summed E-state index contributed by atoms with van der Waals surface area (Å²) in [4.78, 5) is 26.1. The molecule has 2 amide bonds. The summed E-state index contributed by atoms with van der Waals surface area (Å²) >= 11 is 0. The number of carbonyl (C=O) groups excluding carboxylic acids is 2. The van der Waals surface area contributed by atoms with Crippen molar-refractivity contribution in [3.63, 3.8) is 0 Å². The van der Waals surface area contributed by atoms with Crippen molar-refractivity contribution in [1.29, 1.82) is 0 Å². The molecule has 8 heteroatoms. The molecule has 1 unspecified atom stereocenters. The van der Waals surface area contributed by atoms with E-state index in [-0.39, 0.29) is 25.3 Å². The van der Waals surface area contributed by atoms with Gasteiger partial charge in [-0.25, -0.2) is 0 Å². The molecule has 226 valence electrons. The van der Waals surface area contributed by atoms with Crippen molar-refractivity contribution in [2.45, 2.75) is 46.0 Å². The number of hydrogen-bond acceptors (Lipinski definition) is 4. The normalized spacial score (nSPS) is 12.1. The van der Waals surface area contributed by atoms with Crippen LogP contribution in [-0.2, 0) is 26.7 Å². The van der Waals surface area contributed by atoms with Crippen molar-refractivity contribution in [3.05, 3.63) is 125 Å². The molecule has 0 fully saturated rings. The fourth-order valence-corrected chi connectivity index (χ4v) is 4.97. The molecule has 0 radical (unpaired) electrons. The highest BCUT2D eigenvalue weighted by atomic mass is 32.2. The SMILES string of the molecule is C.CC(C)(C)c1ccc(C(Cc2ccc(C(=O)NCCS(=O)(=O)O)cc2)C(=O)Nc2ccc(-c3ccccc3)cc2)cc1. The Bertz CT molecular complexity index is 1610. The molecule has 0 saturated carbocycles. The van der Waals surface area contributed by atoms with Crippen molar-refractivity contribution in [2.75, 3.05) is 17.6 Å². The van der Waals surface area contributed by atoms with E-state index >= 15 is 0 Å². The second-order valence-electron chi connectivity index (χ2n) is 11.3. The van der Waals surface area contributed by atoms with E-state index in [9.17, 15) is 18.0 Å². The molecule has 7 nitrogen and oxygen atoms in total. The van der Waals surface area contributed by atoms with E-state index in [1.807, 2.05) is 66.7 Å². The monoisotopic (exact) mass is 600 g/mol. The Morgan fingerprint density at radius 3 is 1.93 bits per heavy atom. The van der Waals surface area contributed by atoms with E-state index in [2.05, 4.69) is 43.5 Å². The molecule has 0 heterocycles. The van der Waals surface area contributed by atoms with E-state index in [1.54, 1.807) is 24.3 Å². The summed E-state index contributed by atoms with van der Waals surface area (Å²) < 4.78 is 30.6. The summed E-state index contributed by atoms with van der Waals surface area (Å²) in [6.45, 7) is 6.24. The fraction of sp³-hybridized carbons (Fsp3) is 0.257. The average Bonchev–Trinajstić information content (AvgIpc) is 2.96. The van der Waals surface area contributed by atoms with Crippen LogP contribution >= 0.6 is 0 Å². The molecule has 4 rings (SSSR count). The smallest absolute Gasteiger partial charge is 0.266 e. The van der Waals surface area contributed by atoms with Gasteiger partial charge in [-0.1, -0.05) is 107 Å². The Hall–Kier alpha value is -4.27. The zero-order valence-corrected chi connectivity index (χ0v) is 24.8. The van der Waals surface area contributed by atoms with Gasteiger partial charge >= 0.3 is 0 Å². The quantitative estimate of drug-likeness (QED) is 0.172. The van der Waals surface area contributed by atoms with E-state index < -0.39 is 27.7 Å². The Kier molecular flexibility index (Phi) is 11.0. The molecule has 0 saturated heterocycles. The third-order valence-corrected chi connectivity index (χ3v) is 7.78. The predicted octanol–water partition coefficient (Wildman–Crippen LogP) is 6.87. The first kappa shape index (κ1) is 33.2. The van der Waals surface area contributed by atoms with Gasteiger partial charge in [0.1, 0.15) is 0 Å². The van der Waals surface area contributed by atoms with Crippen molar-refractivity contribution in [1.82, 2.24) is 5.32 Å². The Labute approximate surface area is 255 Å². The zero-order valence-electron chi connectivity index (χ0n) is 24.0. The maximum absolute atomic E-state index is 13.7. The van der Waals surface area contributed by atoms with Crippen LogP contribution in [0.15, 0.2) is 103 Å². The van der Waals surface area contributed by atoms with Crippen LogP contribution in [0.5, 0.6) is 0 Å². The minimum Gasteiger partial charge on any atom is -0.351 e. The molecule has 0 aliphatic rings. The van der Waals surface area contributed by atoms with Gasteiger partial charge in [0.2, 0.25) is 5.91 Å². The van der Waals surface area contributed by atoms with Crippen molar-refractivity contribution >= 4 is 27.6 Å². The second-order valence-corrected chi connectivity index (χ2v) is 12.9. The molecular formula is C35H40N2O5S. The highest BCUT2D eigenvalue weighted by Gasteiger charge is 2.23.